The third-order valence-corrected chi connectivity index (χ3v) is 8.70. The molecule has 0 unspecified atom stereocenters. The smallest absolute Gasteiger partial charge is 0.293 e. The summed E-state index contributed by atoms with van der Waals surface area (Å²) in [5, 5.41) is 6.85. The lowest BCUT2D eigenvalue weighted by molar-refractivity contribution is -0.122. The molecule has 46 heavy (non-hydrogen) atoms. The highest BCUT2D eigenvalue weighted by Crippen LogP contribution is 2.68. The van der Waals surface area contributed by atoms with Gasteiger partial charge in [-0.3, -0.25) is 18.8 Å². The highest BCUT2D eigenvalue weighted by atomic mass is 35.5. The quantitative estimate of drug-likeness (QED) is 0.191. The Morgan fingerprint density at radius 3 is 2.43 bits per heavy atom. The lowest BCUT2D eigenvalue weighted by Gasteiger charge is -2.23. The van der Waals surface area contributed by atoms with Crippen LogP contribution in [0.25, 0.3) is 16.6 Å². The van der Waals surface area contributed by atoms with Gasteiger partial charge in [0, 0.05) is 29.1 Å². The summed E-state index contributed by atoms with van der Waals surface area (Å²) >= 11 is 6.07. The number of rotatable bonds is 8. The lowest BCUT2D eigenvalue weighted by Crippen LogP contribution is -2.36. The average Bonchev–Trinajstić information content (AvgIpc) is 3.66. The van der Waals surface area contributed by atoms with E-state index < -0.39 is 77.7 Å². The van der Waals surface area contributed by atoms with Crippen molar-refractivity contribution < 1.29 is 31.1 Å². The molecule has 0 aliphatic heterocycles. The third kappa shape index (κ3) is 5.02. The Morgan fingerprint density at radius 2 is 1.74 bits per heavy atom. The molecule has 1 fully saturated rings. The Labute approximate surface area is 261 Å². The molecule has 2 aromatic heterocycles. The molecule has 1 N–H and O–H groups in total. The Bertz CT molecular complexity index is 2060. The maximum atomic E-state index is 15.0. The van der Waals surface area contributed by atoms with Gasteiger partial charge in [-0.05, 0) is 66.4 Å². The number of carbonyl (C=O) groups is 1. The number of carbonyl (C=O) groups excluding carboxylic acids is 1. The van der Waals surface area contributed by atoms with Crippen LogP contribution in [-0.2, 0) is 17.3 Å². The van der Waals surface area contributed by atoms with E-state index in [0.29, 0.717) is 21.5 Å². The van der Waals surface area contributed by atoms with E-state index in [9.17, 15) is 27.2 Å². The molecule has 3 atom stereocenters. The maximum absolute atomic E-state index is 15.0. The Kier molecular flexibility index (Phi) is 7.18. The second-order valence-corrected chi connectivity index (χ2v) is 11.8. The number of alkyl halides is 4. The first kappa shape index (κ1) is 30.0. The van der Waals surface area contributed by atoms with Gasteiger partial charge in [0.2, 0.25) is 5.91 Å². The molecular weight excluding hydrogens is 636 g/mol. The molecule has 2 aliphatic carbocycles. The molecule has 3 aromatic carbocycles. The predicted octanol–water partition coefficient (Wildman–Crippen LogP) is 6.61. The number of nitrogens with one attached hydrogen (secondary N) is 1. The van der Waals surface area contributed by atoms with Crippen LogP contribution in [0.2, 0.25) is 5.02 Å². The van der Waals surface area contributed by atoms with Crippen LogP contribution in [-0.4, -0.2) is 31.8 Å². The highest BCUT2D eigenvalue weighted by Gasteiger charge is 2.67. The molecule has 0 bridgehead atoms. The molecule has 0 saturated heterocycles. The van der Waals surface area contributed by atoms with Gasteiger partial charge in [-0.15, -0.1) is 0 Å². The fourth-order valence-electron chi connectivity index (χ4n) is 6.34. The summed E-state index contributed by atoms with van der Waals surface area (Å²) in [5.41, 5.74) is -1.59. The van der Waals surface area contributed by atoms with Crippen LogP contribution in [0.4, 0.5) is 26.3 Å². The molecule has 1 saturated carbocycles. The first-order valence-corrected chi connectivity index (χ1v) is 14.6. The number of hydrogen-bond donors (Lipinski definition) is 1. The van der Waals surface area contributed by atoms with Gasteiger partial charge in [0.25, 0.3) is 17.9 Å². The molecule has 1 amide bonds. The van der Waals surface area contributed by atoms with Crippen molar-refractivity contribution in [3.8, 4) is 5.69 Å². The summed E-state index contributed by atoms with van der Waals surface area (Å²) in [6, 6.07) is 15.3. The van der Waals surface area contributed by atoms with Gasteiger partial charge in [0.15, 0.2) is 0 Å². The molecule has 0 spiro atoms. The number of amides is 1. The topological polar surface area (TPSA) is 81.8 Å². The fourth-order valence-corrected chi connectivity index (χ4v) is 6.47. The van der Waals surface area contributed by atoms with E-state index in [0.717, 1.165) is 12.1 Å². The average molecular weight is 658 g/mol. The monoisotopic (exact) mass is 657 g/mol. The number of hydrogen-bond acceptors (Lipinski definition) is 4. The van der Waals surface area contributed by atoms with E-state index in [1.165, 1.54) is 16.7 Å². The van der Waals surface area contributed by atoms with E-state index in [1.807, 2.05) is 0 Å². The molecule has 236 valence electrons. The zero-order chi connectivity index (χ0) is 32.5. The van der Waals surface area contributed by atoms with Crippen molar-refractivity contribution in [1.29, 1.82) is 0 Å². The minimum absolute atomic E-state index is 0.00270. The number of benzene rings is 3. The fraction of sp³-hybridized carbons (Fsp3) is 0.250. The van der Waals surface area contributed by atoms with Crippen LogP contribution in [0.3, 0.4) is 0 Å². The molecular formula is C32H22ClF6N5O2. The predicted molar refractivity (Wildman–Crippen MR) is 155 cm³/mol. The molecule has 5 aromatic rings. The number of halogens is 7. The van der Waals surface area contributed by atoms with Crippen LogP contribution in [0.5, 0.6) is 0 Å². The van der Waals surface area contributed by atoms with Gasteiger partial charge in [-0.1, -0.05) is 23.7 Å². The van der Waals surface area contributed by atoms with E-state index in [4.69, 9.17) is 11.6 Å². The van der Waals surface area contributed by atoms with Crippen molar-refractivity contribution in [3.63, 3.8) is 0 Å². The molecule has 2 aliphatic rings. The minimum Gasteiger partial charge on any atom is -0.353 e. The van der Waals surface area contributed by atoms with Crippen molar-refractivity contribution in [2.75, 3.05) is 6.54 Å². The Balaban J connectivity index is 1.29. The van der Waals surface area contributed by atoms with Crippen LogP contribution in [0.1, 0.15) is 53.0 Å². The standard InChI is InChI=1S/C32H22ClF6N5O2/c33-16-5-7-19(8-6-16)44-30(41-24-4-2-1-3-20(24)31(44)46)22(15-9-17(34)11-18(35)10-15)13-40-25(45)14-43-28-26(27(42-43)29(36)37)21-12-23(21)32(28,38)39/h1-11,21-23,29H,12-14H2,(H,40,45)/t21-,22+,23+/m0/s1. The number of aromatic nitrogens is 4. The van der Waals surface area contributed by atoms with E-state index in [1.54, 1.807) is 36.4 Å². The molecule has 7 nitrogen and oxygen atoms in total. The van der Waals surface area contributed by atoms with E-state index >= 15 is 8.78 Å². The second-order valence-electron chi connectivity index (χ2n) is 11.3. The zero-order valence-corrected chi connectivity index (χ0v) is 24.3. The summed E-state index contributed by atoms with van der Waals surface area (Å²) < 4.78 is 88.4. The molecule has 7 rings (SSSR count). The van der Waals surface area contributed by atoms with Crippen LogP contribution < -0.4 is 10.9 Å². The van der Waals surface area contributed by atoms with Crippen molar-refractivity contribution in [2.45, 2.75) is 37.1 Å². The Morgan fingerprint density at radius 1 is 1.04 bits per heavy atom. The number of nitrogens with zero attached hydrogens (tertiary/aromatic N) is 4. The van der Waals surface area contributed by atoms with Gasteiger partial charge in [0.1, 0.15) is 35.4 Å². The Hall–Kier alpha value is -4.65. The van der Waals surface area contributed by atoms with Crippen molar-refractivity contribution >= 4 is 28.4 Å². The normalized spacial score (nSPS) is 18.4. The van der Waals surface area contributed by atoms with Gasteiger partial charge >= 0.3 is 0 Å². The van der Waals surface area contributed by atoms with Crippen LogP contribution >= 0.6 is 11.6 Å². The number of para-hydroxylation sites is 1. The van der Waals surface area contributed by atoms with Crippen LogP contribution in [0, 0.1) is 17.6 Å². The van der Waals surface area contributed by atoms with Crippen molar-refractivity contribution in [3.05, 3.63) is 122 Å². The van der Waals surface area contributed by atoms with Gasteiger partial charge in [-0.2, -0.15) is 13.9 Å². The summed E-state index contributed by atoms with van der Waals surface area (Å²) in [5.74, 6) is -9.17. The SMILES string of the molecule is O=C(Cn1nc(C(F)F)c2c1C(F)(F)[C@@H]1C[C@H]21)NC[C@H](c1cc(F)cc(F)c1)c1nc2ccccc2c(=O)n1-c1ccc(Cl)cc1. The summed E-state index contributed by atoms with van der Waals surface area (Å²) in [6.45, 7) is -1.23. The first-order chi connectivity index (χ1) is 21.9. The van der Waals surface area contributed by atoms with E-state index in [2.05, 4.69) is 15.4 Å². The van der Waals surface area contributed by atoms with Crippen molar-refractivity contribution in [1.82, 2.24) is 24.6 Å². The van der Waals surface area contributed by atoms with Crippen LogP contribution in [0.15, 0.2) is 71.5 Å². The first-order valence-electron chi connectivity index (χ1n) is 14.2. The largest absolute Gasteiger partial charge is 0.353 e. The van der Waals surface area contributed by atoms with Crippen molar-refractivity contribution in [2.24, 2.45) is 5.92 Å². The summed E-state index contributed by atoms with van der Waals surface area (Å²) in [7, 11) is 0. The summed E-state index contributed by atoms with van der Waals surface area (Å²) in [6.07, 6.45) is -3.04. The highest BCUT2D eigenvalue weighted by molar-refractivity contribution is 6.30. The lowest BCUT2D eigenvalue weighted by atomic mass is 9.96. The number of fused-ring (bicyclic) bond motifs is 4. The molecule has 14 heteroatoms. The summed E-state index contributed by atoms with van der Waals surface area (Å²) in [4.78, 5) is 31.7. The van der Waals surface area contributed by atoms with E-state index in [-0.39, 0.29) is 34.3 Å². The third-order valence-electron chi connectivity index (χ3n) is 8.45. The molecule has 2 heterocycles. The maximum Gasteiger partial charge on any atom is 0.293 e. The van der Waals surface area contributed by atoms with Gasteiger partial charge in [-0.25, -0.2) is 22.5 Å². The minimum atomic E-state index is -3.42. The second kappa shape index (κ2) is 11.0. The van der Waals surface area contributed by atoms with Gasteiger partial charge in [0.05, 0.1) is 22.5 Å². The van der Waals surface area contributed by atoms with Gasteiger partial charge < -0.3 is 5.32 Å². The molecule has 0 radical (unpaired) electrons. The zero-order valence-electron chi connectivity index (χ0n) is 23.5.